The second kappa shape index (κ2) is 7.45. The summed E-state index contributed by atoms with van der Waals surface area (Å²) >= 11 is 1.72. The molecule has 0 atom stereocenters. The molecule has 0 aliphatic heterocycles. The lowest BCUT2D eigenvalue weighted by Crippen LogP contribution is -2.30. The van der Waals surface area contributed by atoms with Crippen LogP contribution in [0.1, 0.15) is 55.2 Å². The molecule has 1 aliphatic carbocycles. The minimum absolute atomic E-state index is 0.126. The first-order valence-electron chi connectivity index (χ1n) is 8.73. The zero-order chi connectivity index (χ0) is 16.2. The van der Waals surface area contributed by atoms with Gasteiger partial charge in [0.25, 0.3) is 5.56 Å². The maximum atomic E-state index is 12.6. The van der Waals surface area contributed by atoms with Crippen molar-refractivity contribution in [1.29, 1.82) is 0 Å². The van der Waals surface area contributed by atoms with E-state index >= 15 is 0 Å². The first kappa shape index (κ1) is 16.5. The molecule has 4 heteroatoms. The quantitative estimate of drug-likeness (QED) is 0.892. The Morgan fingerprint density at radius 3 is 2.70 bits per heavy atom. The van der Waals surface area contributed by atoms with Gasteiger partial charge < -0.3 is 5.32 Å². The number of pyridine rings is 1. The van der Waals surface area contributed by atoms with E-state index in [0.717, 1.165) is 29.2 Å². The Morgan fingerprint density at radius 1 is 1.17 bits per heavy atom. The van der Waals surface area contributed by atoms with Crippen molar-refractivity contribution in [2.75, 3.05) is 0 Å². The van der Waals surface area contributed by atoms with Gasteiger partial charge in [0.15, 0.2) is 0 Å². The average molecular weight is 330 g/mol. The predicted molar refractivity (Wildman–Crippen MR) is 97.7 cm³/mol. The van der Waals surface area contributed by atoms with Crippen LogP contribution in [0.15, 0.2) is 29.1 Å². The highest BCUT2D eigenvalue weighted by atomic mass is 32.1. The van der Waals surface area contributed by atoms with Gasteiger partial charge in [-0.3, -0.25) is 9.36 Å². The van der Waals surface area contributed by atoms with E-state index in [4.69, 9.17) is 0 Å². The molecule has 23 heavy (non-hydrogen) atoms. The van der Waals surface area contributed by atoms with Crippen LogP contribution in [0.25, 0.3) is 5.00 Å². The lowest BCUT2D eigenvalue weighted by molar-refractivity contribution is 0.373. The van der Waals surface area contributed by atoms with Gasteiger partial charge in [0.2, 0.25) is 0 Å². The number of aromatic nitrogens is 1. The normalized spacial score (nSPS) is 15.9. The van der Waals surface area contributed by atoms with Gasteiger partial charge in [0, 0.05) is 28.7 Å². The highest BCUT2D eigenvalue weighted by Crippen LogP contribution is 2.23. The van der Waals surface area contributed by atoms with Gasteiger partial charge >= 0.3 is 0 Å². The van der Waals surface area contributed by atoms with Gasteiger partial charge in [0.05, 0.1) is 0 Å². The molecule has 0 bridgehead atoms. The minimum Gasteiger partial charge on any atom is -0.309 e. The summed E-state index contributed by atoms with van der Waals surface area (Å²) in [6, 6.07) is 8.89. The number of rotatable bonds is 5. The topological polar surface area (TPSA) is 34.0 Å². The first-order valence-corrected chi connectivity index (χ1v) is 9.54. The number of hydrogen-bond donors (Lipinski definition) is 1. The Hall–Kier alpha value is -1.39. The van der Waals surface area contributed by atoms with E-state index in [1.807, 2.05) is 30.5 Å². The molecule has 2 aromatic rings. The molecule has 1 aliphatic rings. The average Bonchev–Trinajstić information content (AvgIpc) is 3.03. The van der Waals surface area contributed by atoms with Gasteiger partial charge in [-0.25, -0.2) is 0 Å². The first-order chi connectivity index (χ1) is 11.2. The molecule has 1 N–H and O–H groups in total. The molecule has 0 unspecified atom stereocenters. The predicted octanol–water partition coefficient (Wildman–Crippen LogP) is 4.19. The number of aryl methyl sites for hydroxylation is 2. The highest BCUT2D eigenvalue weighted by Gasteiger charge is 2.14. The summed E-state index contributed by atoms with van der Waals surface area (Å²) < 4.78 is 1.85. The molecule has 2 aromatic heterocycles. The Labute approximate surface area is 142 Å². The van der Waals surface area contributed by atoms with Crippen molar-refractivity contribution < 1.29 is 0 Å². The van der Waals surface area contributed by atoms with Crippen molar-refractivity contribution in [3.63, 3.8) is 0 Å². The van der Waals surface area contributed by atoms with Crippen LogP contribution in [-0.4, -0.2) is 10.6 Å². The van der Waals surface area contributed by atoms with Crippen LogP contribution in [0.4, 0.5) is 0 Å². The Balaban J connectivity index is 1.75. The van der Waals surface area contributed by atoms with Crippen LogP contribution in [0.2, 0.25) is 0 Å². The third-order valence-corrected chi connectivity index (χ3v) is 5.85. The van der Waals surface area contributed by atoms with Gasteiger partial charge in [-0.1, -0.05) is 32.3 Å². The summed E-state index contributed by atoms with van der Waals surface area (Å²) in [5, 5.41) is 4.71. The van der Waals surface area contributed by atoms with E-state index < -0.39 is 0 Å². The zero-order valence-corrected chi connectivity index (χ0v) is 14.9. The maximum Gasteiger partial charge on any atom is 0.259 e. The van der Waals surface area contributed by atoms with Crippen LogP contribution in [-0.2, 0) is 13.0 Å². The van der Waals surface area contributed by atoms with E-state index in [0.29, 0.717) is 6.04 Å². The van der Waals surface area contributed by atoms with Crippen molar-refractivity contribution in [3.8, 4) is 5.00 Å². The number of hydrogen-bond acceptors (Lipinski definition) is 3. The highest BCUT2D eigenvalue weighted by molar-refractivity contribution is 7.14. The summed E-state index contributed by atoms with van der Waals surface area (Å²) in [6.07, 6.45) is 7.47. The third kappa shape index (κ3) is 3.75. The monoisotopic (exact) mass is 330 g/mol. The second-order valence-corrected chi connectivity index (χ2v) is 7.60. The minimum atomic E-state index is 0.126. The van der Waals surface area contributed by atoms with Crippen LogP contribution in [0.5, 0.6) is 0 Å². The molecule has 0 amide bonds. The molecule has 0 spiro atoms. The van der Waals surface area contributed by atoms with Crippen LogP contribution in [0.3, 0.4) is 0 Å². The molecule has 1 fully saturated rings. The van der Waals surface area contributed by atoms with Crippen molar-refractivity contribution in [2.24, 2.45) is 0 Å². The Morgan fingerprint density at radius 2 is 1.96 bits per heavy atom. The molecule has 124 valence electrons. The summed E-state index contributed by atoms with van der Waals surface area (Å²) in [5.74, 6) is 0. The van der Waals surface area contributed by atoms with E-state index in [-0.39, 0.29) is 5.56 Å². The maximum absolute atomic E-state index is 12.6. The molecule has 0 radical (unpaired) electrons. The fraction of sp³-hybridized carbons (Fsp3) is 0.526. The zero-order valence-electron chi connectivity index (χ0n) is 14.1. The number of nitrogens with one attached hydrogen (secondary N) is 1. The Kier molecular flexibility index (Phi) is 5.34. The van der Waals surface area contributed by atoms with Gasteiger partial charge in [-0.15, -0.1) is 11.3 Å². The van der Waals surface area contributed by atoms with Crippen LogP contribution >= 0.6 is 11.3 Å². The van der Waals surface area contributed by atoms with Gasteiger partial charge in [-0.05, 0) is 44.4 Å². The molecule has 0 aromatic carbocycles. The molecule has 2 heterocycles. The van der Waals surface area contributed by atoms with Crippen LogP contribution < -0.4 is 10.9 Å². The van der Waals surface area contributed by atoms with Gasteiger partial charge in [-0.2, -0.15) is 0 Å². The van der Waals surface area contributed by atoms with E-state index in [1.54, 1.807) is 11.3 Å². The van der Waals surface area contributed by atoms with E-state index in [2.05, 4.69) is 17.4 Å². The largest absolute Gasteiger partial charge is 0.309 e. The Bertz CT molecular complexity index is 710. The van der Waals surface area contributed by atoms with Crippen molar-refractivity contribution in [1.82, 2.24) is 9.88 Å². The summed E-state index contributed by atoms with van der Waals surface area (Å²) in [7, 11) is 0. The molecule has 1 saturated carbocycles. The second-order valence-electron chi connectivity index (χ2n) is 6.45. The van der Waals surface area contributed by atoms with Crippen LogP contribution in [0, 0.1) is 6.92 Å². The SMILES string of the molecule is CCc1ccc(C)n(-c2ccc(CNC3CCCCC3)s2)c1=O. The summed E-state index contributed by atoms with van der Waals surface area (Å²) in [4.78, 5) is 13.9. The lowest BCUT2D eigenvalue weighted by atomic mass is 9.95. The van der Waals surface area contributed by atoms with E-state index in [1.165, 1.54) is 37.0 Å². The summed E-state index contributed by atoms with van der Waals surface area (Å²) in [5.41, 5.74) is 2.01. The summed E-state index contributed by atoms with van der Waals surface area (Å²) in [6.45, 7) is 4.95. The van der Waals surface area contributed by atoms with Gasteiger partial charge in [0.1, 0.15) is 5.00 Å². The molecule has 0 saturated heterocycles. The lowest BCUT2D eigenvalue weighted by Gasteiger charge is -2.22. The smallest absolute Gasteiger partial charge is 0.259 e. The third-order valence-electron chi connectivity index (χ3n) is 4.78. The standard InChI is InChI=1S/C19H26N2OS/c1-3-15-10-9-14(2)21(19(15)22)18-12-11-17(23-18)13-20-16-7-5-4-6-8-16/h9-12,16,20H,3-8,13H2,1-2H3. The fourth-order valence-electron chi connectivity index (χ4n) is 3.35. The number of thiophene rings is 1. The molecule has 3 nitrogen and oxygen atoms in total. The molecule has 3 rings (SSSR count). The molecular weight excluding hydrogens is 304 g/mol. The number of nitrogens with zero attached hydrogens (tertiary/aromatic N) is 1. The van der Waals surface area contributed by atoms with Crippen molar-refractivity contribution in [2.45, 2.75) is 65.0 Å². The molecular formula is C19H26N2OS. The van der Waals surface area contributed by atoms with Crippen molar-refractivity contribution in [3.05, 3.63) is 50.8 Å². The van der Waals surface area contributed by atoms with Crippen molar-refractivity contribution >= 4 is 11.3 Å². The van der Waals surface area contributed by atoms with E-state index in [9.17, 15) is 4.79 Å². The fourth-order valence-corrected chi connectivity index (χ4v) is 4.36.